The Bertz CT molecular complexity index is 723. The van der Waals surface area contributed by atoms with Gasteiger partial charge in [-0.2, -0.15) is 0 Å². The molecule has 1 heterocycles. The van der Waals surface area contributed by atoms with Gasteiger partial charge in [-0.25, -0.2) is 0 Å². The number of benzene rings is 2. The fourth-order valence-corrected chi connectivity index (χ4v) is 2.22. The van der Waals surface area contributed by atoms with Crippen molar-refractivity contribution in [2.45, 2.75) is 13.0 Å². The van der Waals surface area contributed by atoms with Crippen LogP contribution in [-0.2, 0) is 4.79 Å². The van der Waals surface area contributed by atoms with Crippen molar-refractivity contribution in [2.75, 3.05) is 5.32 Å². The Morgan fingerprint density at radius 2 is 1.81 bits per heavy atom. The van der Waals surface area contributed by atoms with Crippen LogP contribution in [0.4, 0.5) is 5.69 Å². The molecule has 5 nitrogen and oxygen atoms in total. The maximum Gasteiger partial charge on any atom is 0.265 e. The number of nitrogens with one attached hydrogen (secondary N) is 1. The van der Waals surface area contributed by atoms with E-state index in [0.717, 1.165) is 11.1 Å². The second kappa shape index (κ2) is 4.94. The summed E-state index contributed by atoms with van der Waals surface area (Å²) in [5.41, 5.74) is 8.17. The van der Waals surface area contributed by atoms with Gasteiger partial charge in [-0.1, -0.05) is 18.2 Å². The molecule has 0 fully saturated rings. The lowest BCUT2D eigenvalue weighted by molar-refractivity contribution is -0.122. The van der Waals surface area contributed by atoms with E-state index in [1.807, 2.05) is 30.3 Å². The first-order chi connectivity index (χ1) is 10.0. The largest absolute Gasteiger partial charge is 0.479 e. The highest BCUT2D eigenvalue weighted by atomic mass is 16.5. The van der Waals surface area contributed by atoms with Crippen LogP contribution in [0.1, 0.15) is 17.3 Å². The molecule has 21 heavy (non-hydrogen) atoms. The second-order valence-electron chi connectivity index (χ2n) is 4.90. The van der Waals surface area contributed by atoms with Gasteiger partial charge in [0.2, 0.25) is 5.91 Å². The van der Waals surface area contributed by atoms with Gasteiger partial charge in [-0.15, -0.1) is 0 Å². The van der Waals surface area contributed by atoms with Crippen LogP contribution in [0.5, 0.6) is 5.75 Å². The lowest BCUT2D eigenvalue weighted by Gasteiger charge is -2.23. The highest BCUT2D eigenvalue weighted by molar-refractivity contribution is 5.98. The third-order valence-electron chi connectivity index (χ3n) is 3.41. The molecular weight excluding hydrogens is 268 g/mol. The molecule has 3 N–H and O–H groups in total. The summed E-state index contributed by atoms with van der Waals surface area (Å²) in [6.45, 7) is 1.70. The molecule has 5 heteroatoms. The molecule has 0 saturated heterocycles. The van der Waals surface area contributed by atoms with Crippen molar-refractivity contribution in [2.24, 2.45) is 5.73 Å². The smallest absolute Gasteiger partial charge is 0.265 e. The summed E-state index contributed by atoms with van der Waals surface area (Å²) in [4.78, 5) is 22.7. The van der Waals surface area contributed by atoms with E-state index in [1.165, 1.54) is 0 Å². The Balaban J connectivity index is 1.95. The van der Waals surface area contributed by atoms with Crippen LogP contribution in [0, 0.1) is 0 Å². The third-order valence-corrected chi connectivity index (χ3v) is 3.41. The number of hydrogen-bond donors (Lipinski definition) is 2. The summed E-state index contributed by atoms with van der Waals surface area (Å²) in [6, 6.07) is 12.6. The lowest BCUT2D eigenvalue weighted by Crippen LogP contribution is -2.34. The molecule has 106 valence electrons. The number of hydrogen-bond acceptors (Lipinski definition) is 3. The maximum absolute atomic E-state index is 11.6. The van der Waals surface area contributed by atoms with Crippen LogP contribution in [0.15, 0.2) is 42.5 Å². The van der Waals surface area contributed by atoms with Gasteiger partial charge in [0.25, 0.3) is 5.91 Å². The number of anilines is 1. The van der Waals surface area contributed by atoms with Crippen LogP contribution in [0.25, 0.3) is 11.1 Å². The Labute approximate surface area is 121 Å². The highest BCUT2D eigenvalue weighted by Gasteiger charge is 2.23. The topological polar surface area (TPSA) is 81.4 Å². The highest BCUT2D eigenvalue weighted by Crippen LogP contribution is 2.33. The fraction of sp³-hybridized carbons (Fsp3) is 0.125. The standard InChI is InChI=1S/C16H14N2O3/c1-9-16(20)18-13-8-12(6-7-14(13)21-9)10-2-4-11(5-3-10)15(17)19/h2-9H,1H3,(H2,17,19)(H,18,20). The quantitative estimate of drug-likeness (QED) is 0.885. The van der Waals surface area contributed by atoms with Gasteiger partial charge >= 0.3 is 0 Å². The van der Waals surface area contributed by atoms with Crippen molar-refractivity contribution in [3.8, 4) is 16.9 Å². The van der Waals surface area contributed by atoms with Crippen LogP contribution >= 0.6 is 0 Å². The van der Waals surface area contributed by atoms with Crippen molar-refractivity contribution in [1.29, 1.82) is 0 Å². The van der Waals surface area contributed by atoms with E-state index in [1.54, 1.807) is 19.1 Å². The number of primary amides is 1. The first-order valence-corrected chi connectivity index (χ1v) is 6.56. The molecule has 0 aliphatic carbocycles. The number of rotatable bonds is 2. The van der Waals surface area contributed by atoms with Gasteiger partial charge < -0.3 is 15.8 Å². The molecule has 2 amide bonds. The minimum absolute atomic E-state index is 0.163. The lowest BCUT2D eigenvalue weighted by atomic mass is 10.0. The van der Waals surface area contributed by atoms with Crippen molar-refractivity contribution in [1.82, 2.24) is 0 Å². The van der Waals surface area contributed by atoms with Crippen molar-refractivity contribution >= 4 is 17.5 Å². The Kier molecular flexibility index (Phi) is 3.10. The zero-order chi connectivity index (χ0) is 15.0. The molecule has 0 aromatic heterocycles. The molecule has 0 saturated carbocycles. The molecule has 3 rings (SSSR count). The average molecular weight is 282 g/mol. The summed E-state index contributed by atoms with van der Waals surface area (Å²) >= 11 is 0. The zero-order valence-corrected chi connectivity index (χ0v) is 11.4. The molecule has 1 aliphatic rings. The van der Waals surface area contributed by atoms with E-state index in [4.69, 9.17) is 10.5 Å². The van der Waals surface area contributed by atoms with E-state index in [9.17, 15) is 9.59 Å². The van der Waals surface area contributed by atoms with Gasteiger partial charge in [0, 0.05) is 5.56 Å². The summed E-state index contributed by atoms with van der Waals surface area (Å²) in [5.74, 6) is 0.0324. The van der Waals surface area contributed by atoms with Crippen LogP contribution in [-0.4, -0.2) is 17.9 Å². The molecule has 1 aliphatic heterocycles. The number of carbonyl (C=O) groups is 2. The van der Waals surface area contributed by atoms with Crippen LogP contribution in [0.3, 0.4) is 0 Å². The first kappa shape index (κ1) is 13.2. The molecule has 0 radical (unpaired) electrons. The number of amides is 2. The predicted molar refractivity (Wildman–Crippen MR) is 79.1 cm³/mol. The van der Waals surface area contributed by atoms with Crippen molar-refractivity contribution < 1.29 is 14.3 Å². The summed E-state index contributed by atoms with van der Waals surface area (Å²) < 4.78 is 5.51. The minimum Gasteiger partial charge on any atom is -0.479 e. The maximum atomic E-state index is 11.6. The number of ether oxygens (including phenoxy) is 1. The van der Waals surface area contributed by atoms with Gasteiger partial charge in [0.15, 0.2) is 6.10 Å². The number of nitrogens with two attached hydrogens (primary N) is 1. The van der Waals surface area contributed by atoms with Gasteiger partial charge in [-0.3, -0.25) is 9.59 Å². The van der Waals surface area contributed by atoms with E-state index in [2.05, 4.69) is 5.32 Å². The van der Waals surface area contributed by atoms with E-state index >= 15 is 0 Å². The summed E-state index contributed by atoms with van der Waals surface area (Å²) in [5, 5.41) is 2.81. The molecule has 0 spiro atoms. The molecule has 2 aromatic carbocycles. The zero-order valence-electron chi connectivity index (χ0n) is 11.4. The minimum atomic E-state index is -0.488. The van der Waals surface area contributed by atoms with Gasteiger partial charge in [0.05, 0.1) is 5.69 Å². The predicted octanol–water partition coefficient (Wildman–Crippen LogP) is 2.17. The molecule has 1 atom stereocenters. The van der Waals surface area contributed by atoms with E-state index < -0.39 is 12.0 Å². The SMILES string of the molecule is CC1Oc2ccc(-c3ccc(C(N)=O)cc3)cc2NC1=O. The normalized spacial score (nSPS) is 16.6. The Morgan fingerprint density at radius 3 is 2.48 bits per heavy atom. The average Bonchev–Trinajstić information content (AvgIpc) is 2.48. The van der Waals surface area contributed by atoms with Crippen LogP contribution < -0.4 is 15.8 Å². The van der Waals surface area contributed by atoms with Crippen molar-refractivity contribution in [3.63, 3.8) is 0 Å². The van der Waals surface area contributed by atoms with E-state index in [-0.39, 0.29) is 5.91 Å². The van der Waals surface area contributed by atoms with Crippen LogP contribution in [0.2, 0.25) is 0 Å². The third kappa shape index (κ3) is 2.45. The van der Waals surface area contributed by atoms with E-state index in [0.29, 0.717) is 17.0 Å². The van der Waals surface area contributed by atoms with Crippen molar-refractivity contribution in [3.05, 3.63) is 48.0 Å². The number of fused-ring (bicyclic) bond motifs is 1. The summed E-state index contributed by atoms with van der Waals surface area (Å²) in [6.07, 6.45) is -0.488. The first-order valence-electron chi connectivity index (χ1n) is 6.56. The Hall–Kier alpha value is -2.82. The second-order valence-corrected chi connectivity index (χ2v) is 4.90. The number of carbonyl (C=O) groups excluding carboxylic acids is 2. The molecule has 0 bridgehead atoms. The molecule has 2 aromatic rings. The monoisotopic (exact) mass is 282 g/mol. The summed E-state index contributed by atoms with van der Waals surface area (Å²) in [7, 11) is 0. The molecular formula is C16H14N2O3. The Morgan fingerprint density at radius 1 is 1.14 bits per heavy atom. The fourth-order valence-electron chi connectivity index (χ4n) is 2.22. The molecule has 1 unspecified atom stereocenters. The van der Waals surface area contributed by atoms with Gasteiger partial charge in [0.1, 0.15) is 5.75 Å². The van der Waals surface area contributed by atoms with Gasteiger partial charge in [-0.05, 0) is 42.3 Å².